The summed E-state index contributed by atoms with van der Waals surface area (Å²) in [6.07, 6.45) is 2.39. The first-order valence-corrected chi connectivity index (χ1v) is 6.28. The predicted molar refractivity (Wildman–Crippen MR) is 72.1 cm³/mol. The summed E-state index contributed by atoms with van der Waals surface area (Å²) in [4.78, 5) is 0. The van der Waals surface area contributed by atoms with Crippen LogP contribution in [0.3, 0.4) is 0 Å². The molecule has 1 aromatic rings. The highest BCUT2D eigenvalue weighted by Crippen LogP contribution is 2.10. The highest BCUT2D eigenvalue weighted by atomic mass is 15.0. The quantitative estimate of drug-likeness (QED) is 0.690. The average Bonchev–Trinajstić information content (AvgIpc) is 2.27. The lowest BCUT2D eigenvalue weighted by Gasteiger charge is -2.10. The lowest BCUT2D eigenvalue weighted by molar-refractivity contribution is 0.602. The Morgan fingerprint density at radius 2 is 1.75 bits per heavy atom. The van der Waals surface area contributed by atoms with Gasteiger partial charge in [-0.3, -0.25) is 0 Å². The summed E-state index contributed by atoms with van der Waals surface area (Å²) in [5.74, 6) is 0. The molecule has 90 valence electrons. The maximum Gasteiger partial charge on any atom is 0.0340 e. The Morgan fingerprint density at radius 1 is 1.06 bits per heavy atom. The van der Waals surface area contributed by atoms with Crippen molar-refractivity contribution in [3.63, 3.8) is 0 Å². The van der Waals surface area contributed by atoms with Gasteiger partial charge in [0.15, 0.2) is 0 Å². The molecule has 2 N–H and O–H groups in total. The van der Waals surface area contributed by atoms with Crippen molar-refractivity contribution in [2.45, 2.75) is 39.7 Å². The highest BCUT2D eigenvalue weighted by Gasteiger charge is 1.94. The lowest BCUT2D eigenvalue weighted by atomic mass is 10.1. The molecule has 0 amide bonds. The maximum atomic E-state index is 3.41. The minimum Gasteiger partial charge on any atom is -0.384 e. The molecular formula is C14H24N2. The van der Waals surface area contributed by atoms with Crippen LogP contribution in [0.4, 0.5) is 5.69 Å². The number of nitrogens with one attached hydrogen (secondary N) is 2. The molecule has 1 aromatic carbocycles. The van der Waals surface area contributed by atoms with Crippen LogP contribution in [0.2, 0.25) is 0 Å². The first kappa shape index (κ1) is 13.0. The van der Waals surface area contributed by atoms with Crippen molar-refractivity contribution in [2.24, 2.45) is 0 Å². The smallest absolute Gasteiger partial charge is 0.0340 e. The van der Waals surface area contributed by atoms with Crippen molar-refractivity contribution < 1.29 is 0 Å². The molecule has 0 heterocycles. The van der Waals surface area contributed by atoms with E-state index in [9.17, 15) is 0 Å². The fourth-order valence-corrected chi connectivity index (χ4v) is 1.65. The van der Waals surface area contributed by atoms with Crippen molar-refractivity contribution in [2.75, 3.05) is 18.4 Å². The summed E-state index contributed by atoms with van der Waals surface area (Å²) in [5, 5.41) is 6.79. The van der Waals surface area contributed by atoms with Gasteiger partial charge in [0.05, 0.1) is 0 Å². The molecule has 0 saturated heterocycles. The summed E-state index contributed by atoms with van der Waals surface area (Å²) in [7, 11) is 0. The Morgan fingerprint density at radius 3 is 2.31 bits per heavy atom. The van der Waals surface area contributed by atoms with E-state index in [1.54, 1.807) is 0 Å². The van der Waals surface area contributed by atoms with Crippen molar-refractivity contribution in [1.29, 1.82) is 0 Å². The van der Waals surface area contributed by atoms with Gasteiger partial charge in [0, 0.05) is 24.8 Å². The van der Waals surface area contributed by atoms with Crippen molar-refractivity contribution in [3.8, 4) is 0 Å². The summed E-state index contributed by atoms with van der Waals surface area (Å²) in [6, 6.07) is 9.32. The molecule has 0 aliphatic rings. The molecule has 0 aliphatic heterocycles. The van der Waals surface area contributed by atoms with Crippen LogP contribution in [-0.4, -0.2) is 19.1 Å². The van der Waals surface area contributed by atoms with Gasteiger partial charge in [0.2, 0.25) is 0 Å². The van der Waals surface area contributed by atoms with Gasteiger partial charge in [-0.1, -0.05) is 39.3 Å². The predicted octanol–water partition coefficient (Wildman–Crippen LogP) is 3.05. The van der Waals surface area contributed by atoms with Gasteiger partial charge in [-0.15, -0.1) is 0 Å². The van der Waals surface area contributed by atoms with Gasteiger partial charge >= 0.3 is 0 Å². The molecule has 16 heavy (non-hydrogen) atoms. The Hall–Kier alpha value is -1.02. The Balaban J connectivity index is 2.26. The number of aryl methyl sites for hydroxylation is 1. The lowest BCUT2D eigenvalue weighted by Crippen LogP contribution is -2.28. The van der Waals surface area contributed by atoms with E-state index in [2.05, 4.69) is 55.7 Å². The molecule has 0 unspecified atom stereocenters. The molecule has 2 heteroatoms. The van der Waals surface area contributed by atoms with Crippen LogP contribution in [-0.2, 0) is 6.42 Å². The third-order valence-electron chi connectivity index (χ3n) is 2.50. The summed E-state index contributed by atoms with van der Waals surface area (Å²) in [6.45, 7) is 8.53. The summed E-state index contributed by atoms with van der Waals surface area (Å²) >= 11 is 0. The number of hydrogen-bond donors (Lipinski definition) is 2. The van der Waals surface area contributed by atoms with Crippen molar-refractivity contribution in [1.82, 2.24) is 5.32 Å². The second-order valence-corrected chi connectivity index (χ2v) is 4.48. The second kappa shape index (κ2) is 7.29. The Labute approximate surface area is 99.5 Å². The summed E-state index contributed by atoms with van der Waals surface area (Å²) in [5.41, 5.74) is 2.64. The van der Waals surface area contributed by atoms with Crippen LogP contribution >= 0.6 is 0 Å². The van der Waals surface area contributed by atoms with Gasteiger partial charge in [-0.2, -0.15) is 0 Å². The minimum absolute atomic E-state index is 0.564. The molecule has 0 spiro atoms. The van der Waals surface area contributed by atoms with Crippen LogP contribution in [0, 0.1) is 0 Å². The SMILES string of the molecule is CCCc1ccc(NCCNC(C)C)cc1. The topological polar surface area (TPSA) is 24.1 Å². The molecule has 0 atom stereocenters. The fourth-order valence-electron chi connectivity index (χ4n) is 1.65. The first-order chi connectivity index (χ1) is 7.72. The molecule has 1 rings (SSSR count). The maximum absolute atomic E-state index is 3.41. The zero-order chi connectivity index (χ0) is 11.8. The molecule has 0 aliphatic carbocycles. The van der Waals surface area contributed by atoms with E-state index >= 15 is 0 Å². The molecule has 2 nitrogen and oxygen atoms in total. The van der Waals surface area contributed by atoms with Crippen molar-refractivity contribution in [3.05, 3.63) is 29.8 Å². The first-order valence-electron chi connectivity index (χ1n) is 6.28. The number of rotatable bonds is 7. The van der Waals surface area contributed by atoms with E-state index in [1.807, 2.05) is 0 Å². The molecule has 0 radical (unpaired) electrons. The Kier molecular flexibility index (Phi) is 5.94. The van der Waals surface area contributed by atoms with Gasteiger partial charge in [-0.05, 0) is 24.1 Å². The number of benzene rings is 1. The molecule has 0 bridgehead atoms. The molecule has 0 aromatic heterocycles. The average molecular weight is 220 g/mol. The number of anilines is 1. The highest BCUT2D eigenvalue weighted by molar-refractivity contribution is 5.44. The summed E-state index contributed by atoms with van der Waals surface area (Å²) < 4.78 is 0. The normalized spacial score (nSPS) is 10.8. The largest absolute Gasteiger partial charge is 0.384 e. The fraction of sp³-hybridized carbons (Fsp3) is 0.571. The minimum atomic E-state index is 0.564. The third kappa shape index (κ3) is 5.17. The van der Waals surface area contributed by atoms with Gasteiger partial charge in [0.25, 0.3) is 0 Å². The Bertz CT molecular complexity index is 277. The van der Waals surface area contributed by atoms with Crippen LogP contribution in [0.1, 0.15) is 32.8 Å². The van der Waals surface area contributed by atoms with Crippen LogP contribution in [0.15, 0.2) is 24.3 Å². The van der Waals surface area contributed by atoms with E-state index in [-0.39, 0.29) is 0 Å². The molecular weight excluding hydrogens is 196 g/mol. The van der Waals surface area contributed by atoms with Gasteiger partial charge in [-0.25, -0.2) is 0 Å². The van der Waals surface area contributed by atoms with Crippen LogP contribution in [0.25, 0.3) is 0 Å². The monoisotopic (exact) mass is 220 g/mol. The van der Waals surface area contributed by atoms with Crippen LogP contribution in [0.5, 0.6) is 0 Å². The van der Waals surface area contributed by atoms with Gasteiger partial charge < -0.3 is 10.6 Å². The van der Waals surface area contributed by atoms with E-state index in [0.29, 0.717) is 6.04 Å². The van der Waals surface area contributed by atoms with E-state index in [0.717, 1.165) is 13.1 Å². The number of hydrogen-bond acceptors (Lipinski definition) is 2. The standard InChI is InChI=1S/C14H24N2/c1-4-5-13-6-8-14(9-7-13)16-11-10-15-12(2)3/h6-9,12,15-16H,4-5,10-11H2,1-3H3. The van der Waals surface area contributed by atoms with Crippen molar-refractivity contribution >= 4 is 5.69 Å². The molecule has 0 saturated carbocycles. The van der Waals surface area contributed by atoms with Gasteiger partial charge in [0.1, 0.15) is 0 Å². The van der Waals surface area contributed by atoms with E-state index in [1.165, 1.54) is 24.1 Å². The zero-order valence-corrected chi connectivity index (χ0v) is 10.7. The third-order valence-corrected chi connectivity index (χ3v) is 2.50. The van der Waals surface area contributed by atoms with E-state index < -0.39 is 0 Å². The second-order valence-electron chi connectivity index (χ2n) is 4.48. The zero-order valence-electron chi connectivity index (χ0n) is 10.7. The molecule has 0 fully saturated rings. The van der Waals surface area contributed by atoms with Crippen LogP contribution < -0.4 is 10.6 Å². The van der Waals surface area contributed by atoms with E-state index in [4.69, 9.17) is 0 Å².